The van der Waals surface area contributed by atoms with Gasteiger partial charge in [-0.2, -0.15) is 0 Å². The van der Waals surface area contributed by atoms with Crippen LogP contribution in [0.25, 0.3) is 0 Å². The van der Waals surface area contributed by atoms with Gasteiger partial charge in [0.1, 0.15) is 5.84 Å². The molecule has 1 aliphatic rings. The van der Waals surface area contributed by atoms with E-state index in [1.165, 1.54) is 0 Å². The zero-order valence-corrected chi connectivity index (χ0v) is 11.9. The van der Waals surface area contributed by atoms with Gasteiger partial charge in [0.15, 0.2) is 0 Å². The van der Waals surface area contributed by atoms with E-state index in [2.05, 4.69) is 16.8 Å². The predicted molar refractivity (Wildman–Crippen MR) is 77.0 cm³/mol. The Kier molecular flexibility index (Phi) is 4.49. The highest BCUT2D eigenvalue weighted by Crippen LogP contribution is 2.23. The molecule has 2 rings (SSSR count). The van der Waals surface area contributed by atoms with E-state index in [1.54, 1.807) is 6.07 Å². The lowest BCUT2D eigenvalue weighted by atomic mass is 10.1. The van der Waals surface area contributed by atoms with Gasteiger partial charge in [-0.15, -0.1) is 0 Å². The Bertz CT molecular complexity index is 440. The maximum atomic E-state index is 8.14. The summed E-state index contributed by atoms with van der Waals surface area (Å²) in [5.41, 5.74) is 1.04. The number of benzene rings is 1. The molecule has 0 bridgehead atoms. The summed E-state index contributed by atoms with van der Waals surface area (Å²) in [7, 11) is 2.11. The summed E-state index contributed by atoms with van der Waals surface area (Å²) in [6.07, 6.45) is 0.612. The van der Waals surface area contributed by atoms with Crippen molar-refractivity contribution >= 4 is 29.0 Å². The Morgan fingerprint density at radius 2 is 1.83 bits per heavy atom. The lowest BCUT2D eigenvalue weighted by molar-refractivity contribution is 0.213. The maximum absolute atomic E-state index is 8.14. The van der Waals surface area contributed by atoms with Crippen molar-refractivity contribution in [3.63, 3.8) is 0 Å². The number of amidine groups is 1. The van der Waals surface area contributed by atoms with Gasteiger partial charge in [0.05, 0.1) is 10.0 Å². The van der Waals surface area contributed by atoms with Crippen molar-refractivity contribution < 1.29 is 0 Å². The van der Waals surface area contributed by atoms with Crippen LogP contribution in [0.2, 0.25) is 10.0 Å². The molecule has 5 heteroatoms. The van der Waals surface area contributed by atoms with Gasteiger partial charge in [-0.1, -0.05) is 29.3 Å². The molecule has 0 saturated carbocycles. The molecule has 18 heavy (non-hydrogen) atoms. The number of hydrogen-bond donors (Lipinski definition) is 1. The SMILES string of the molecule is CN1CCN(C(=N)Cc2ccc(Cl)c(Cl)c2)CC1. The molecule has 0 spiro atoms. The molecule has 1 aromatic rings. The maximum Gasteiger partial charge on any atom is 0.100 e. The molecule has 1 aliphatic heterocycles. The van der Waals surface area contributed by atoms with E-state index in [9.17, 15) is 0 Å². The van der Waals surface area contributed by atoms with Crippen LogP contribution in [-0.2, 0) is 6.42 Å². The molecule has 0 radical (unpaired) electrons. The molecule has 0 atom stereocenters. The number of likely N-dealkylation sites (N-methyl/N-ethyl adjacent to an activating group) is 1. The zero-order valence-electron chi connectivity index (χ0n) is 10.4. The first kappa shape index (κ1) is 13.7. The van der Waals surface area contributed by atoms with Crippen LogP contribution in [0.5, 0.6) is 0 Å². The molecule has 1 N–H and O–H groups in total. The molecule has 0 aromatic heterocycles. The van der Waals surface area contributed by atoms with Gasteiger partial charge >= 0.3 is 0 Å². The van der Waals surface area contributed by atoms with Crippen LogP contribution in [0, 0.1) is 5.41 Å². The highest BCUT2D eigenvalue weighted by Gasteiger charge is 2.16. The topological polar surface area (TPSA) is 30.3 Å². The fraction of sp³-hybridized carbons (Fsp3) is 0.462. The summed E-state index contributed by atoms with van der Waals surface area (Å²) < 4.78 is 0. The lowest BCUT2D eigenvalue weighted by Gasteiger charge is -2.34. The first-order valence-electron chi connectivity index (χ1n) is 6.01. The van der Waals surface area contributed by atoms with Gasteiger partial charge in [-0.3, -0.25) is 5.41 Å². The Hall–Kier alpha value is -0.770. The van der Waals surface area contributed by atoms with Crippen molar-refractivity contribution in [1.82, 2.24) is 9.80 Å². The van der Waals surface area contributed by atoms with Crippen LogP contribution in [0.1, 0.15) is 5.56 Å². The van der Waals surface area contributed by atoms with E-state index in [0.717, 1.165) is 31.7 Å². The third-order valence-corrected chi connectivity index (χ3v) is 3.98. The molecular formula is C13H17Cl2N3. The highest BCUT2D eigenvalue weighted by atomic mass is 35.5. The molecule has 3 nitrogen and oxygen atoms in total. The third-order valence-electron chi connectivity index (χ3n) is 3.24. The van der Waals surface area contributed by atoms with Gasteiger partial charge < -0.3 is 9.80 Å². The average Bonchev–Trinajstić information content (AvgIpc) is 2.34. The van der Waals surface area contributed by atoms with Crippen LogP contribution < -0.4 is 0 Å². The Labute approximate surface area is 118 Å². The number of nitrogens with zero attached hydrogens (tertiary/aromatic N) is 2. The van der Waals surface area contributed by atoms with Gasteiger partial charge in [0.25, 0.3) is 0 Å². The van der Waals surface area contributed by atoms with Crippen molar-refractivity contribution in [1.29, 1.82) is 5.41 Å². The fourth-order valence-corrected chi connectivity index (χ4v) is 2.35. The summed E-state index contributed by atoms with van der Waals surface area (Å²) in [6, 6.07) is 5.56. The minimum absolute atomic E-state index is 0.556. The van der Waals surface area contributed by atoms with Crippen molar-refractivity contribution in [2.75, 3.05) is 33.2 Å². The molecule has 98 valence electrons. The van der Waals surface area contributed by atoms with E-state index in [-0.39, 0.29) is 0 Å². The number of nitrogens with one attached hydrogen (secondary N) is 1. The second-order valence-corrected chi connectivity index (χ2v) is 5.48. The zero-order chi connectivity index (χ0) is 13.1. The number of halogens is 2. The minimum Gasteiger partial charge on any atom is -0.358 e. The Balaban J connectivity index is 1.96. The molecular weight excluding hydrogens is 269 g/mol. The predicted octanol–water partition coefficient (Wildman–Crippen LogP) is 2.76. The molecule has 1 heterocycles. The van der Waals surface area contributed by atoms with Crippen molar-refractivity contribution in [2.24, 2.45) is 0 Å². The van der Waals surface area contributed by atoms with Crippen LogP contribution in [0.4, 0.5) is 0 Å². The monoisotopic (exact) mass is 285 g/mol. The van der Waals surface area contributed by atoms with Gasteiger partial charge in [0, 0.05) is 32.6 Å². The smallest absolute Gasteiger partial charge is 0.100 e. The van der Waals surface area contributed by atoms with Crippen molar-refractivity contribution in [2.45, 2.75) is 6.42 Å². The van der Waals surface area contributed by atoms with E-state index in [1.807, 2.05) is 12.1 Å². The first-order chi connectivity index (χ1) is 8.56. The molecule has 1 fully saturated rings. The lowest BCUT2D eigenvalue weighted by Crippen LogP contribution is -2.47. The largest absolute Gasteiger partial charge is 0.358 e. The van der Waals surface area contributed by atoms with E-state index >= 15 is 0 Å². The van der Waals surface area contributed by atoms with E-state index in [4.69, 9.17) is 28.6 Å². The third kappa shape index (κ3) is 3.37. The Morgan fingerprint density at radius 3 is 2.44 bits per heavy atom. The summed E-state index contributed by atoms with van der Waals surface area (Å²) >= 11 is 11.9. The molecule has 0 unspecified atom stereocenters. The van der Waals surface area contributed by atoms with Crippen LogP contribution >= 0.6 is 23.2 Å². The molecule has 0 aliphatic carbocycles. The second-order valence-electron chi connectivity index (χ2n) is 4.66. The standard InChI is InChI=1S/C13H17Cl2N3/c1-17-4-6-18(7-5-17)13(16)9-10-2-3-11(14)12(15)8-10/h2-3,8,16H,4-7,9H2,1H3. The van der Waals surface area contributed by atoms with Gasteiger partial charge in [-0.05, 0) is 24.7 Å². The van der Waals surface area contributed by atoms with Gasteiger partial charge in [0.2, 0.25) is 0 Å². The summed E-state index contributed by atoms with van der Waals surface area (Å²) in [6.45, 7) is 3.89. The Morgan fingerprint density at radius 1 is 1.17 bits per heavy atom. The minimum atomic E-state index is 0.556. The summed E-state index contributed by atoms with van der Waals surface area (Å²) in [5.74, 6) is 0.654. The second kappa shape index (κ2) is 5.91. The van der Waals surface area contributed by atoms with Gasteiger partial charge in [-0.25, -0.2) is 0 Å². The normalized spacial score (nSPS) is 16.9. The first-order valence-corrected chi connectivity index (χ1v) is 6.76. The quantitative estimate of drug-likeness (QED) is 0.669. The van der Waals surface area contributed by atoms with Crippen molar-refractivity contribution in [3.05, 3.63) is 33.8 Å². The number of rotatable bonds is 2. The fourth-order valence-electron chi connectivity index (χ4n) is 2.03. The average molecular weight is 286 g/mol. The molecule has 1 saturated heterocycles. The van der Waals surface area contributed by atoms with Crippen LogP contribution in [0.15, 0.2) is 18.2 Å². The highest BCUT2D eigenvalue weighted by molar-refractivity contribution is 6.42. The molecule has 1 aromatic carbocycles. The summed E-state index contributed by atoms with van der Waals surface area (Å²) in [5, 5.41) is 9.26. The van der Waals surface area contributed by atoms with E-state index in [0.29, 0.717) is 22.3 Å². The number of hydrogen-bond acceptors (Lipinski definition) is 2. The summed E-state index contributed by atoms with van der Waals surface area (Å²) in [4.78, 5) is 4.41. The van der Waals surface area contributed by atoms with Crippen LogP contribution in [-0.4, -0.2) is 48.9 Å². The van der Waals surface area contributed by atoms with Crippen molar-refractivity contribution in [3.8, 4) is 0 Å². The molecule has 0 amide bonds. The number of piperazine rings is 1. The van der Waals surface area contributed by atoms with Crippen LogP contribution in [0.3, 0.4) is 0 Å². The van der Waals surface area contributed by atoms with E-state index < -0.39 is 0 Å².